The summed E-state index contributed by atoms with van der Waals surface area (Å²) in [4.78, 5) is 38.6. The molecular formula is C26H22Cl2N2O6S. The minimum atomic E-state index is -4.41. The van der Waals surface area contributed by atoms with Crippen LogP contribution in [-0.4, -0.2) is 36.5 Å². The number of amides is 2. The molecule has 2 atom stereocenters. The van der Waals surface area contributed by atoms with Gasteiger partial charge in [-0.1, -0.05) is 53.5 Å². The molecule has 1 saturated heterocycles. The standard InChI is InChI=1S/C26H22Cl2N2O6S/c1-16(18-6-4-3-5-7-18)30(37(34,35)24-14-19(27)8-13-22(24)28)23-15-25(32)29(26(23)33)20-9-11-21(12-10-20)36-17(2)31/h3-14,16,23H,15H2,1-2H3. The topological polar surface area (TPSA) is 101 Å². The van der Waals surface area contributed by atoms with E-state index in [2.05, 4.69) is 0 Å². The van der Waals surface area contributed by atoms with Crippen molar-refractivity contribution in [3.05, 3.63) is 88.4 Å². The molecule has 0 radical (unpaired) electrons. The number of hydrogen-bond donors (Lipinski definition) is 0. The van der Waals surface area contributed by atoms with Crippen molar-refractivity contribution >= 4 is 56.7 Å². The molecule has 0 aromatic heterocycles. The fourth-order valence-electron chi connectivity index (χ4n) is 4.23. The molecule has 37 heavy (non-hydrogen) atoms. The van der Waals surface area contributed by atoms with Gasteiger partial charge in [-0.2, -0.15) is 4.31 Å². The van der Waals surface area contributed by atoms with Crippen LogP contribution in [0.4, 0.5) is 5.69 Å². The van der Waals surface area contributed by atoms with Crippen molar-refractivity contribution in [2.45, 2.75) is 37.2 Å². The number of esters is 1. The quantitative estimate of drug-likeness (QED) is 0.229. The van der Waals surface area contributed by atoms with E-state index >= 15 is 0 Å². The fourth-order valence-corrected chi connectivity index (χ4v) is 6.73. The molecule has 8 nitrogen and oxygen atoms in total. The Balaban J connectivity index is 1.77. The molecule has 0 saturated carbocycles. The SMILES string of the molecule is CC(=O)Oc1ccc(N2C(=O)CC(N(C(C)c3ccccc3)S(=O)(=O)c3cc(Cl)ccc3Cl)C2=O)cc1. The molecule has 0 bridgehead atoms. The zero-order valence-corrected chi connectivity index (χ0v) is 22.1. The number of carbonyl (C=O) groups is 3. The molecule has 4 rings (SSSR count). The highest BCUT2D eigenvalue weighted by molar-refractivity contribution is 7.89. The van der Waals surface area contributed by atoms with E-state index in [0.717, 1.165) is 9.21 Å². The highest BCUT2D eigenvalue weighted by atomic mass is 35.5. The van der Waals surface area contributed by atoms with E-state index in [9.17, 15) is 22.8 Å². The number of carbonyl (C=O) groups excluding carboxylic acids is 3. The predicted molar refractivity (Wildman–Crippen MR) is 139 cm³/mol. The van der Waals surface area contributed by atoms with Crippen LogP contribution in [0.1, 0.15) is 31.9 Å². The number of sulfonamides is 1. The summed E-state index contributed by atoms with van der Waals surface area (Å²) in [5, 5.41) is 0.0861. The lowest BCUT2D eigenvalue weighted by atomic mass is 10.1. The average Bonchev–Trinajstić information content (AvgIpc) is 3.14. The molecule has 192 valence electrons. The number of anilines is 1. The van der Waals surface area contributed by atoms with Crippen molar-refractivity contribution in [3.8, 4) is 5.75 Å². The van der Waals surface area contributed by atoms with E-state index < -0.39 is 39.9 Å². The van der Waals surface area contributed by atoms with E-state index in [1.54, 1.807) is 37.3 Å². The van der Waals surface area contributed by atoms with Gasteiger partial charge in [0.05, 0.1) is 17.1 Å². The van der Waals surface area contributed by atoms with Crippen LogP contribution in [0.3, 0.4) is 0 Å². The molecule has 3 aromatic carbocycles. The molecule has 1 heterocycles. The van der Waals surface area contributed by atoms with Gasteiger partial charge >= 0.3 is 5.97 Å². The number of hydrogen-bond acceptors (Lipinski definition) is 6. The Morgan fingerprint density at radius 3 is 2.30 bits per heavy atom. The molecule has 1 aliphatic heterocycles. The lowest BCUT2D eigenvalue weighted by Gasteiger charge is -2.32. The van der Waals surface area contributed by atoms with Crippen molar-refractivity contribution in [3.63, 3.8) is 0 Å². The molecule has 2 amide bonds. The summed E-state index contributed by atoms with van der Waals surface area (Å²) in [6, 6.07) is 16.4. The summed E-state index contributed by atoms with van der Waals surface area (Å²) >= 11 is 12.3. The van der Waals surface area contributed by atoms with Gasteiger partial charge in [0, 0.05) is 18.0 Å². The van der Waals surface area contributed by atoms with Crippen LogP contribution in [0.2, 0.25) is 10.0 Å². The Bertz CT molecular complexity index is 1460. The molecule has 0 spiro atoms. The maximum atomic E-state index is 14.0. The van der Waals surface area contributed by atoms with Crippen LogP contribution in [0.5, 0.6) is 5.75 Å². The van der Waals surface area contributed by atoms with Gasteiger partial charge < -0.3 is 4.74 Å². The van der Waals surface area contributed by atoms with Gasteiger partial charge in [-0.3, -0.25) is 14.4 Å². The summed E-state index contributed by atoms with van der Waals surface area (Å²) in [5.41, 5.74) is 0.840. The summed E-state index contributed by atoms with van der Waals surface area (Å²) in [7, 11) is -4.41. The summed E-state index contributed by atoms with van der Waals surface area (Å²) in [6.07, 6.45) is -0.376. The maximum absolute atomic E-state index is 14.0. The third kappa shape index (κ3) is 5.40. The van der Waals surface area contributed by atoms with Crippen molar-refractivity contribution in [1.29, 1.82) is 0 Å². The van der Waals surface area contributed by atoms with Crippen molar-refractivity contribution in [2.24, 2.45) is 0 Å². The lowest BCUT2D eigenvalue weighted by molar-refractivity contribution is -0.132. The van der Waals surface area contributed by atoms with Crippen LogP contribution in [0.15, 0.2) is 77.7 Å². The summed E-state index contributed by atoms with van der Waals surface area (Å²) in [6.45, 7) is 2.89. The largest absolute Gasteiger partial charge is 0.427 e. The number of benzene rings is 3. The first-order chi connectivity index (χ1) is 17.5. The molecule has 11 heteroatoms. The van der Waals surface area contributed by atoms with Crippen LogP contribution >= 0.6 is 23.2 Å². The first kappa shape index (κ1) is 26.8. The van der Waals surface area contributed by atoms with E-state index in [1.165, 1.54) is 49.4 Å². The second-order valence-corrected chi connectivity index (χ2v) is 11.0. The van der Waals surface area contributed by atoms with E-state index in [4.69, 9.17) is 27.9 Å². The van der Waals surface area contributed by atoms with E-state index in [1.807, 2.05) is 0 Å². The fraction of sp³-hybridized carbons (Fsp3) is 0.192. The van der Waals surface area contributed by atoms with Crippen molar-refractivity contribution in [1.82, 2.24) is 4.31 Å². The minimum absolute atomic E-state index is 0.0654. The Kier molecular flexibility index (Phi) is 7.70. The van der Waals surface area contributed by atoms with Gasteiger partial charge in [0.1, 0.15) is 16.7 Å². The first-order valence-corrected chi connectivity index (χ1v) is 13.4. The molecule has 0 aliphatic carbocycles. The number of ether oxygens (including phenoxy) is 1. The zero-order chi connectivity index (χ0) is 26.9. The van der Waals surface area contributed by atoms with E-state index in [0.29, 0.717) is 5.56 Å². The number of nitrogens with zero attached hydrogens (tertiary/aromatic N) is 2. The Morgan fingerprint density at radius 2 is 1.68 bits per heavy atom. The maximum Gasteiger partial charge on any atom is 0.308 e. The molecule has 3 aromatic rings. The normalized spacial score (nSPS) is 16.8. The van der Waals surface area contributed by atoms with E-state index in [-0.39, 0.29) is 32.8 Å². The Morgan fingerprint density at radius 1 is 1.03 bits per heavy atom. The summed E-state index contributed by atoms with van der Waals surface area (Å²) < 4.78 is 34.0. The first-order valence-electron chi connectivity index (χ1n) is 11.2. The van der Waals surface area contributed by atoms with Crippen LogP contribution in [-0.2, 0) is 24.4 Å². The molecule has 1 aliphatic rings. The average molecular weight is 561 g/mol. The van der Waals surface area contributed by atoms with Gasteiger partial charge in [-0.05, 0) is 55.0 Å². The molecule has 1 fully saturated rings. The predicted octanol–water partition coefficient (Wildman–Crippen LogP) is 5.00. The highest BCUT2D eigenvalue weighted by Gasteiger charge is 2.49. The number of rotatable bonds is 7. The second kappa shape index (κ2) is 10.6. The van der Waals surface area contributed by atoms with Gasteiger partial charge in [0.2, 0.25) is 15.9 Å². The third-order valence-electron chi connectivity index (χ3n) is 5.90. The zero-order valence-electron chi connectivity index (χ0n) is 19.8. The van der Waals surface area contributed by atoms with Crippen LogP contribution in [0, 0.1) is 0 Å². The van der Waals surface area contributed by atoms with Gasteiger partial charge in [0.15, 0.2) is 0 Å². The molecular weight excluding hydrogens is 539 g/mol. The van der Waals surface area contributed by atoms with Gasteiger partial charge in [-0.15, -0.1) is 0 Å². The number of imide groups is 1. The van der Waals surface area contributed by atoms with Crippen molar-refractivity contribution in [2.75, 3.05) is 4.90 Å². The lowest BCUT2D eigenvalue weighted by Crippen LogP contribution is -2.46. The van der Waals surface area contributed by atoms with Gasteiger partial charge in [0.25, 0.3) is 5.91 Å². The van der Waals surface area contributed by atoms with Crippen LogP contribution < -0.4 is 9.64 Å². The molecule has 2 unspecified atom stereocenters. The minimum Gasteiger partial charge on any atom is -0.427 e. The number of halogens is 2. The molecule has 0 N–H and O–H groups in total. The van der Waals surface area contributed by atoms with Gasteiger partial charge in [-0.25, -0.2) is 13.3 Å². The smallest absolute Gasteiger partial charge is 0.308 e. The monoisotopic (exact) mass is 560 g/mol. The second-order valence-electron chi connectivity index (χ2n) is 8.37. The Hall–Kier alpha value is -3.24. The van der Waals surface area contributed by atoms with Crippen LogP contribution in [0.25, 0.3) is 0 Å². The summed E-state index contributed by atoms with van der Waals surface area (Å²) in [5.74, 6) is -1.57. The Labute approximate surface area is 224 Å². The van der Waals surface area contributed by atoms with Crippen molar-refractivity contribution < 1.29 is 27.5 Å². The third-order valence-corrected chi connectivity index (χ3v) is 8.60. The highest BCUT2D eigenvalue weighted by Crippen LogP contribution is 2.38.